The van der Waals surface area contributed by atoms with Crippen LogP contribution < -0.4 is 10.0 Å². The number of aryl methyl sites for hydroxylation is 2. The SMILES string of the molecule is CCCN(CCC)CCCCS(=O)(=O)NC(=O)Nc1c2c(cc3c1CCC3)CCC2. The lowest BCUT2D eigenvalue weighted by molar-refractivity contribution is 0.256. The van der Waals surface area contributed by atoms with Crippen molar-refractivity contribution in [3.05, 3.63) is 28.3 Å². The first-order valence-corrected chi connectivity index (χ1v) is 13.3. The number of sulfonamides is 1. The van der Waals surface area contributed by atoms with Crippen molar-refractivity contribution in [2.24, 2.45) is 0 Å². The summed E-state index contributed by atoms with van der Waals surface area (Å²) in [6.07, 6.45) is 9.78. The second-order valence-electron chi connectivity index (χ2n) is 8.66. The van der Waals surface area contributed by atoms with Crippen molar-refractivity contribution in [3.63, 3.8) is 0 Å². The lowest BCUT2D eigenvalue weighted by atomic mass is 9.99. The third-order valence-corrected chi connectivity index (χ3v) is 7.50. The summed E-state index contributed by atoms with van der Waals surface area (Å²) in [5, 5.41) is 2.90. The first-order valence-electron chi connectivity index (χ1n) is 11.6. The Morgan fingerprint density at radius 2 is 1.53 bits per heavy atom. The summed E-state index contributed by atoms with van der Waals surface area (Å²) >= 11 is 0. The number of unbranched alkanes of at least 4 members (excludes halogenated alkanes) is 1. The van der Waals surface area contributed by atoms with Crippen LogP contribution in [0, 0.1) is 0 Å². The minimum absolute atomic E-state index is 0.0164. The fourth-order valence-corrected chi connectivity index (χ4v) is 5.91. The molecule has 0 heterocycles. The van der Waals surface area contributed by atoms with E-state index < -0.39 is 16.1 Å². The molecule has 1 aromatic carbocycles. The van der Waals surface area contributed by atoms with Crippen LogP contribution in [-0.4, -0.2) is 44.7 Å². The Labute approximate surface area is 181 Å². The summed E-state index contributed by atoms with van der Waals surface area (Å²) in [6.45, 7) is 7.33. The van der Waals surface area contributed by atoms with Crippen LogP contribution in [0.3, 0.4) is 0 Å². The average molecular weight is 436 g/mol. The van der Waals surface area contributed by atoms with Gasteiger partial charge in [-0.3, -0.25) is 0 Å². The van der Waals surface area contributed by atoms with Crippen LogP contribution in [0.15, 0.2) is 6.07 Å². The third-order valence-electron chi connectivity index (χ3n) is 6.18. The topological polar surface area (TPSA) is 78.5 Å². The van der Waals surface area contributed by atoms with E-state index in [1.807, 2.05) is 0 Å². The number of amides is 2. The van der Waals surface area contributed by atoms with Crippen LogP contribution in [0.1, 0.15) is 74.6 Å². The highest BCUT2D eigenvalue weighted by Crippen LogP contribution is 2.38. The molecular weight excluding hydrogens is 398 g/mol. The normalized spacial score (nSPS) is 15.3. The second kappa shape index (κ2) is 10.6. The summed E-state index contributed by atoms with van der Waals surface area (Å²) in [7, 11) is -3.63. The molecule has 0 saturated carbocycles. The minimum atomic E-state index is -3.63. The van der Waals surface area contributed by atoms with Gasteiger partial charge < -0.3 is 10.2 Å². The molecule has 168 valence electrons. The number of urea groups is 1. The molecule has 2 aliphatic rings. The van der Waals surface area contributed by atoms with Crippen molar-refractivity contribution in [2.75, 3.05) is 30.7 Å². The fraction of sp³-hybridized carbons (Fsp3) is 0.696. The maximum absolute atomic E-state index is 12.5. The van der Waals surface area contributed by atoms with Crippen LogP contribution in [0.2, 0.25) is 0 Å². The van der Waals surface area contributed by atoms with Crippen molar-refractivity contribution in [2.45, 2.75) is 78.1 Å². The molecule has 0 unspecified atom stereocenters. The molecule has 0 spiro atoms. The van der Waals surface area contributed by atoms with Gasteiger partial charge in [0.1, 0.15) is 0 Å². The molecular formula is C23H37N3O3S. The third kappa shape index (κ3) is 5.97. The van der Waals surface area contributed by atoms with Crippen LogP contribution in [0.5, 0.6) is 0 Å². The highest BCUT2D eigenvalue weighted by Gasteiger charge is 2.25. The number of benzene rings is 1. The quantitative estimate of drug-likeness (QED) is 0.515. The van der Waals surface area contributed by atoms with E-state index in [4.69, 9.17) is 0 Å². The molecule has 1 aromatic rings. The Balaban J connectivity index is 1.53. The fourth-order valence-electron chi connectivity index (χ4n) is 4.89. The average Bonchev–Trinajstić information content (AvgIpc) is 3.34. The first-order chi connectivity index (χ1) is 14.4. The standard InChI is InChI=1S/C23H37N3O3S/c1-3-13-26(14-4-2)15-5-6-16-30(28,29)25-23(27)24-22-20-11-7-9-18(20)17-19-10-8-12-21(19)22/h17H,3-16H2,1-2H3,(H2,24,25,27). The Morgan fingerprint density at radius 3 is 2.10 bits per heavy atom. The Bertz CT molecular complexity index is 813. The smallest absolute Gasteiger partial charge is 0.307 e. The number of anilines is 1. The van der Waals surface area contributed by atoms with Crippen LogP contribution >= 0.6 is 0 Å². The van der Waals surface area contributed by atoms with Crippen LogP contribution in [-0.2, 0) is 35.7 Å². The van der Waals surface area contributed by atoms with Gasteiger partial charge in [-0.2, -0.15) is 0 Å². The van der Waals surface area contributed by atoms with E-state index in [9.17, 15) is 13.2 Å². The number of hydrogen-bond acceptors (Lipinski definition) is 4. The summed E-state index contributed by atoms with van der Waals surface area (Å²) in [4.78, 5) is 14.9. The number of rotatable bonds is 11. The van der Waals surface area contributed by atoms with E-state index in [1.54, 1.807) is 0 Å². The molecule has 6 nitrogen and oxygen atoms in total. The number of fused-ring (bicyclic) bond motifs is 2. The van der Waals surface area contributed by atoms with Gasteiger partial charge >= 0.3 is 6.03 Å². The van der Waals surface area contributed by atoms with E-state index in [0.717, 1.165) is 83.1 Å². The number of carbonyl (C=O) groups is 1. The molecule has 0 aliphatic heterocycles. The molecule has 30 heavy (non-hydrogen) atoms. The van der Waals surface area contributed by atoms with E-state index in [0.29, 0.717) is 6.42 Å². The summed E-state index contributed by atoms with van der Waals surface area (Å²) in [6, 6.07) is 1.67. The predicted molar refractivity (Wildman–Crippen MR) is 123 cm³/mol. The molecule has 7 heteroatoms. The lowest BCUT2D eigenvalue weighted by Gasteiger charge is -2.20. The van der Waals surface area contributed by atoms with Gasteiger partial charge in [0.15, 0.2) is 0 Å². The van der Waals surface area contributed by atoms with Gasteiger partial charge in [-0.1, -0.05) is 19.9 Å². The number of nitrogens with one attached hydrogen (secondary N) is 2. The van der Waals surface area contributed by atoms with E-state index in [2.05, 4.69) is 34.9 Å². The van der Waals surface area contributed by atoms with Gasteiger partial charge in [-0.05, 0) is 106 Å². The summed E-state index contributed by atoms with van der Waals surface area (Å²) in [5.74, 6) is -0.0164. The van der Waals surface area contributed by atoms with Gasteiger partial charge in [0, 0.05) is 5.69 Å². The number of carbonyl (C=O) groups excluding carboxylic acids is 1. The Hall–Kier alpha value is -1.60. The van der Waals surface area contributed by atoms with E-state index in [-0.39, 0.29) is 5.75 Å². The highest BCUT2D eigenvalue weighted by molar-refractivity contribution is 7.90. The van der Waals surface area contributed by atoms with Crippen molar-refractivity contribution >= 4 is 21.7 Å². The van der Waals surface area contributed by atoms with Gasteiger partial charge in [-0.15, -0.1) is 0 Å². The lowest BCUT2D eigenvalue weighted by Crippen LogP contribution is -2.36. The van der Waals surface area contributed by atoms with Crippen LogP contribution in [0.25, 0.3) is 0 Å². The van der Waals surface area contributed by atoms with Crippen molar-refractivity contribution in [1.29, 1.82) is 0 Å². The Kier molecular flexibility index (Phi) is 8.17. The van der Waals surface area contributed by atoms with Gasteiger partial charge in [0.25, 0.3) is 0 Å². The first kappa shape index (κ1) is 23.1. The molecule has 0 bridgehead atoms. The minimum Gasteiger partial charge on any atom is -0.307 e. The molecule has 2 N–H and O–H groups in total. The summed E-state index contributed by atoms with van der Waals surface area (Å²) in [5.41, 5.74) is 5.92. The molecule has 0 atom stereocenters. The zero-order valence-corrected chi connectivity index (χ0v) is 19.4. The molecule has 3 rings (SSSR count). The summed E-state index contributed by atoms with van der Waals surface area (Å²) < 4.78 is 27.1. The van der Waals surface area contributed by atoms with E-state index >= 15 is 0 Å². The second-order valence-corrected chi connectivity index (χ2v) is 10.5. The van der Waals surface area contributed by atoms with E-state index in [1.165, 1.54) is 22.3 Å². The van der Waals surface area contributed by atoms with Crippen molar-refractivity contribution in [1.82, 2.24) is 9.62 Å². The van der Waals surface area contributed by atoms with Gasteiger partial charge in [-0.25, -0.2) is 17.9 Å². The Morgan fingerprint density at radius 1 is 0.933 bits per heavy atom. The molecule has 0 saturated heterocycles. The van der Waals surface area contributed by atoms with Gasteiger partial charge in [0.2, 0.25) is 10.0 Å². The molecule has 0 fully saturated rings. The number of nitrogens with zero attached hydrogens (tertiary/aromatic N) is 1. The zero-order valence-electron chi connectivity index (χ0n) is 18.6. The van der Waals surface area contributed by atoms with Gasteiger partial charge in [0.05, 0.1) is 5.75 Å². The molecule has 2 aliphatic carbocycles. The van der Waals surface area contributed by atoms with Crippen LogP contribution in [0.4, 0.5) is 10.5 Å². The monoisotopic (exact) mass is 435 g/mol. The predicted octanol–water partition coefficient (Wildman–Crippen LogP) is 4.02. The van der Waals surface area contributed by atoms with Crippen molar-refractivity contribution < 1.29 is 13.2 Å². The highest BCUT2D eigenvalue weighted by atomic mass is 32.2. The largest absolute Gasteiger partial charge is 0.332 e. The van der Waals surface area contributed by atoms with Crippen molar-refractivity contribution in [3.8, 4) is 0 Å². The maximum Gasteiger partial charge on any atom is 0.332 e. The molecule has 0 aromatic heterocycles. The molecule has 0 radical (unpaired) electrons. The zero-order chi connectivity index (χ0) is 21.6. The maximum atomic E-state index is 12.5. The molecule has 2 amide bonds. The number of hydrogen-bond donors (Lipinski definition) is 2.